The summed E-state index contributed by atoms with van der Waals surface area (Å²) in [6.45, 7) is 4.21. The molecule has 66 valence electrons. The van der Waals surface area contributed by atoms with Gasteiger partial charge >= 0.3 is 0 Å². The Hall–Kier alpha value is -1.10. The quantitative estimate of drug-likeness (QED) is 0.537. The minimum atomic E-state index is 0.337. The number of aromatic amines is 1. The topological polar surface area (TPSA) is 79.6 Å². The average Bonchev–Trinajstić information content (AvgIpc) is 2.58. The summed E-state index contributed by atoms with van der Waals surface area (Å²) in [4.78, 5) is 4.11. The van der Waals surface area contributed by atoms with E-state index in [1.807, 2.05) is 0 Å². The fraction of sp³-hybridized carbons (Fsp3) is 0.714. The van der Waals surface area contributed by atoms with E-state index in [4.69, 9.17) is 5.73 Å². The van der Waals surface area contributed by atoms with Crippen LogP contribution in [0.15, 0.2) is 0 Å². The number of nitrogens with one attached hydrogen (secondary N) is 2. The van der Waals surface area contributed by atoms with Gasteiger partial charge in [-0.3, -0.25) is 5.10 Å². The van der Waals surface area contributed by atoms with Gasteiger partial charge in [0.15, 0.2) is 0 Å². The summed E-state index contributed by atoms with van der Waals surface area (Å²) in [7, 11) is 0. The minimum Gasteiger partial charge on any atom is -0.367 e. The molecule has 1 aliphatic heterocycles. The van der Waals surface area contributed by atoms with Crippen LogP contribution in [0.3, 0.4) is 0 Å². The molecule has 0 saturated carbocycles. The van der Waals surface area contributed by atoms with Crippen LogP contribution >= 0.6 is 0 Å². The molecule has 0 aromatic carbocycles. The molecular formula is C7H13N5. The highest BCUT2D eigenvalue weighted by atomic mass is 15.3. The van der Waals surface area contributed by atoms with Crippen molar-refractivity contribution in [2.75, 3.05) is 18.8 Å². The molecule has 0 aliphatic carbocycles. The van der Waals surface area contributed by atoms with Gasteiger partial charge < -0.3 is 11.1 Å². The van der Waals surface area contributed by atoms with E-state index in [9.17, 15) is 0 Å². The number of nitrogens with zero attached hydrogens (tertiary/aromatic N) is 2. The van der Waals surface area contributed by atoms with Crippen molar-refractivity contribution in [1.82, 2.24) is 20.5 Å². The van der Waals surface area contributed by atoms with Gasteiger partial charge in [0.05, 0.1) is 0 Å². The molecule has 2 heterocycles. The summed E-state index contributed by atoms with van der Waals surface area (Å²) in [5.74, 6) is 2.29. The third kappa shape index (κ3) is 1.16. The lowest BCUT2D eigenvalue weighted by molar-refractivity contribution is 0.547. The normalized spacial score (nSPS) is 29.4. The molecule has 1 aromatic heterocycles. The molecule has 0 bridgehead atoms. The number of H-pyrrole nitrogens is 1. The molecule has 1 aliphatic rings. The highest BCUT2D eigenvalue weighted by Crippen LogP contribution is 2.24. The van der Waals surface area contributed by atoms with Gasteiger partial charge in [0.2, 0.25) is 5.95 Å². The summed E-state index contributed by atoms with van der Waals surface area (Å²) in [6, 6.07) is 0. The Morgan fingerprint density at radius 2 is 2.33 bits per heavy atom. The van der Waals surface area contributed by atoms with Gasteiger partial charge in [-0.1, -0.05) is 6.92 Å². The molecule has 12 heavy (non-hydrogen) atoms. The van der Waals surface area contributed by atoms with Gasteiger partial charge in [-0.05, 0) is 12.5 Å². The first-order valence-corrected chi connectivity index (χ1v) is 4.16. The minimum absolute atomic E-state index is 0.337. The zero-order valence-electron chi connectivity index (χ0n) is 7.04. The zero-order valence-corrected chi connectivity index (χ0v) is 7.04. The van der Waals surface area contributed by atoms with E-state index in [0.29, 0.717) is 17.8 Å². The highest BCUT2D eigenvalue weighted by Gasteiger charge is 2.27. The van der Waals surface area contributed by atoms with Gasteiger partial charge in [0, 0.05) is 12.5 Å². The molecule has 0 radical (unpaired) electrons. The van der Waals surface area contributed by atoms with Crippen molar-refractivity contribution >= 4 is 5.95 Å². The van der Waals surface area contributed by atoms with Crippen molar-refractivity contribution in [2.45, 2.75) is 12.8 Å². The van der Waals surface area contributed by atoms with Crippen LogP contribution in [0.1, 0.15) is 18.7 Å². The Balaban J connectivity index is 2.19. The van der Waals surface area contributed by atoms with Crippen molar-refractivity contribution in [3.63, 3.8) is 0 Å². The van der Waals surface area contributed by atoms with Crippen molar-refractivity contribution < 1.29 is 0 Å². The maximum atomic E-state index is 5.42. The summed E-state index contributed by atoms with van der Waals surface area (Å²) < 4.78 is 0. The van der Waals surface area contributed by atoms with Crippen LogP contribution in [0.2, 0.25) is 0 Å². The first kappa shape index (κ1) is 7.54. The molecular weight excluding hydrogens is 154 g/mol. The Labute approximate surface area is 70.8 Å². The average molecular weight is 167 g/mol. The standard InChI is InChI=1S/C7H13N5/c1-4-2-9-3-5(4)6-10-7(8)12-11-6/h4-5,9H,2-3H2,1H3,(H3,8,10,11,12). The molecule has 2 rings (SSSR count). The van der Waals surface area contributed by atoms with E-state index in [-0.39, 0.29) is 0 Å². The highest BCUT2D eigenvalue weighted by molar-refractivity contribution is 5.16. The van der Waals surface area contributed by atoms with Gasteiger partial charge in [-0.2, -0.15) is 4.98 Å². The van der Waals surface area contributed by atoms with Gasteiger partial charge in [-0.15, -0.1) is 5.10 Å². The molecule has 2 unspecified atom stereocenters. The number of nitrogen functional groups attached to an aromatic ring is 1. The molecule has 0 spiro atoms. The van der Waals surface area contributed by atoms with Crippen LogP contribution in [0.5, 0.6) is 0 Å². The Kier molecular flexibility index (Phi) is 1.73. The monoisotopic (exact) mass is 167 g/mol. The first-order chi connectivity index (χ1) is 5.77. The van der Waals surface area contributed by atoms with Crippen molar-refractivity contribution in [1.29, 1.82) is 0 Å². The fourth-order valence-electron chi connectivity index (χ4n) is 1.63. The third-order valence-corrected chi connectivity index (χ3v) is 2.39. The predicted molar refractivity (Wildman–Crippen MR) is 45.6 cm³/mol. The zero-order chi connectivity index (χ0) is 8.55. The molecule has 1 fully saturated rings. The second-order valence-corrected chi connectivity index (χ2v) is 3.32. The second-order valence-electron chi connectivity index (χ2n) is 3.32. The largest absolute Gasteiger partial charge is 0.367 e. The number of nitrogens with two attached hydrogens (primary N) is 1. The second kappa shape index (κ2) is 2.75. The maximum absolute atomic E-state index is 5.42. The van der Waals surface area contributed by atoms with Gasteiger partial charge in [0.1, 0.15) is 5.82 Å². The smallest absolute Gasteiger partial charge is 0.239 e. The summed E-state index contributed by atoms with van der Waals surface area (Å²) in [5, 5.41) is 9.96. The molecule has 2 atom stereocenters. The summed E-state index contributed by atoms with van der Waals surface area (Å²) in [5.41, 5.74) is 5.42. The van der Waals surface area contributed by atoms with Crippen LogP contribution in [-0.4, -0.2) is 28.3 Å². The third-order valence-electron chi connectivity index (χ3n) is 2.39. The van der Waals surface area contributed by atoms with E-state index in [0.717, 1.165) is 18.9 Å². The molecule has 5 heteroatoms. The van der Waals surface area contributed by atoms with Gasteiger partial charge in [0.25, 0.3) is 0 Å². The number of rotatable bonds is 1. The lowest BCUT2D eigenvalue weighted by Crippen LogP contribution is -2.09. The molecule has 4 N–H and O–H groups in total. The van der Waals surface area contributed by atoms with E-state index in [2.05, 4.69) is 27.4 Å². The number of aromatic nitrogens is 3. The SMILES string of the molecule is CC1CNCC1c1nc(N)n[nH]1. The molecule has 1 saturated heterocycles. The lowest BCUT2D eigenvalue weighted by Gasteiger charge is -2.08. The maximum Gasteiger partial charge on any atom is 0.239 e. The van der Waals surface area contributed by atoms with E-state index in [1.54, 1.807) is 0 Å². The Morgan fingerprint density at radius 3 is 2.83 bits per heavy atom. The number of hydrogen-bond acceptors (Lipinski definition) is 4. The van der Waals surface area contributed by atoms with Crippen molar-refractivity contribution in [2.24, 2.45) is 5.92 Å². The lowest BCUT2D eigenvalue weighted by atomic mass is 9.98. The fourth-order valence-corrected chi connectivity index (χ4v) is 1.63. The van der Waals surface area contributed by atoms with E-state index in [1.165, 1.54) is 0 Å². The van der Waals surface area contributed by atoms with Crippen LogP contribution < -0.4 is 11.1 Å². The van der Waals surface area contributed by atoms with Crippen molar-refractivity contribution in [3.05, 3.63) is 5.82 Å². The molecule has 1 aromatic rings. The number of anilines is 1. The van der Waals surface area contributed by atoms with Crippen LogP contribution in [-0.2, 0) is 0 Å². The Morgan fingerprint density at radius 1 is 1.50 bits per heavy atom. The van der Waals surface area contributed by atoms with Crippen LogP contribution in [0, 0.1) is 5.92 Å². The summed E-state index contributed by atoms with van der Waals surface area (Å²) in [6.07, 6.45) is 0. The van der Waals surface area contributed by atoms with Crippen LogP contribution in [0.4, 0.5) is 5.95 Å². The van der Waals surface area contributed by atoms with E-state index < -0.39 is 0 Å². The molecule has 0 amide bonds. The van der Waals surface area contributed by atoms with E-state index >= 15 is 0 Å². The summed E-state index contributed by atoms with van der Waals surface area (Å²) >= 11 is 0. The first-order valence-electron chi connectivity index (χ1n) is 4.16. The Bertz CT molecular complexity index is 269. The van der Waals surface area contributed by atoms with Gasteiger partial charge in [-0.25, -0.2) is 0 Å². The van der Waals surface area contributed by atoms with Crippen LogP contribution in [0.25, 0.3) is 0 Å². The number of hydrogen-bond donors (Lipinski definition) is 3. The molecule has 5 nitrogen and oxygen atoms in total. The predicted octanol–water partition coefficient (Wildman–Crippen LogP) is -0.290. The van der Waals surface area contributed by atoms with Crippen molar-refractivity contribution in [3.8, 4) is 0 Å².